The van der Waals surface area contributed by atoms with E-state index in [-0.39, 0.29) is 24.0 Å². The van der Waals surface area contributed by atoms with Crippen LogP contribution in [0.25, 0.3) is 0 Å². The van der Waals surface area contributed by atoms with Crippen LogP contribution in [0.1, 0.15) is 38.7 Å². The highest BCUT2D eigenvalue weighted by atomic mass is 127. The standard InChI is InChI=1S/C20H33N5.HI/c1-3-16(2)23-20(21)22-14-17-6-8-19(9-7-17)25-12-10-24(11-13-25)15-18-4-5-18;/h6-9,16,18H,3-5,10-15H2,1-2H3,(H3,21,22,23);1H. The maximum Gasteiger partial charge on any atom is 0.189 e. The minimum atomic E-state index is 0. The lowest BCUT2D eigenvalue weighted by Crippen LogP contribution is -2.47. The molecule has 1 unspecified atom stereocenters. The van der Waals surface area contributed by atoms with E-state index in [1.165, 1.54) is 43.7 Å². The molecule has 3 rings (SSSR count). The molecule has 5 nitrogen and oxygen atoms in total. The molecule has 0 amide bonds. The maximum atomic E-state index is 5.92. The molecule has 1 saturated carbocycles. The second-order valence-corrected chi connectivity index (χ2v) is 7.55. The Morgan fingerprint density at radius 2 is 1.85 bits per heavy atom. The number of benzene rings is 1. The molecular weight excluding hydrogens is 437 g/mol. The lowest BCUT2D eigenvalue weighted by molar-refractivity contribution is 0.248. The van der Waals surface area contributed by atoms with Gasteiger partial charge in [0.05, 0.1) is 6.54 Å². The topological polar surface area (TPSA) is 56.9 Å². The third kappa shape index (κ3) is 6.61. The molecule has 0 spiro atoms. The predicted molar refractivity (Wildman–Crippen MR) is 121 cm³/mol. The molecule has 1 aromatic rings. The summed E-state index contributed by atoms with van der Waals surface area (Å²) in [7, 11) is 0. The number of nitrogens with two attached hydrogens (primary N) is 1. The van der Waals surface area contributed by atoms with Crippen molar-refractivity contribution in [2.75, 3.05) is 37.6 Å². The van der Waals surface area contributed by atoms with Gasteiger partial charge in [-0.25, -0.2) is 4.99 Å². The van der Waals surface area contributed by atoms with Gasteiger partial charge in [0.1, 0.15) is 0 Å². The number of hydrogen-bond donors (Lipinski definition) is 2. The van der Waals surface area contributed by atoms with E-state index in [2.05, 4.69) is 58.2 Å². The van der Waals surface area contributed by atoms with Crippen LogP contribution in [0.4, 0.5) is 5.69 Å². The predicted octanol–water partition coefficient (Wildman–Crippen LogP) is 3.04. The Morgan fingerprint density at radius 3 is 2.42 bits per heavy atom. The van der Waals surface area contributed by atoms with Crippen molar-refractivity contribution in [1.29, 1.82) is 0 Å². The van der Waals surface area contributed by atoms with Crippen molar-refractivity contribution in [2.24, 2.45) is 16.6 Å². The smallest absolute Gasteiger partial charge is 0.189 e. The highest BCUT2D eigenvalue weighted by Crippen LogP contribution is 2.30. The Balaban J connectivity index is 0.00000243. The first-order valence-electron chi connectivity index (χ1n) is 9.76. The zero-order chi connectivity index (χ0) is 17.6. The molecule has 1 aliphatic carbocycles. The van der Waals surface area contributed by atoms with Crippen LogP contribution in [-0.2, 0) is 6.54 Å². The molecule has 0 radical (unpaired) electrons. The first kappa shape index (κ1) is 21.3. The van der Waals surface area contributed by atoms with Crippen LogP contribution in [0, 0.1) is 5.92 Å². The summed E-state index contributed by atoms with van der Waals surface area (Å²) in [6.45, 7) is 10.9. The summed E-state index contributed by atoms with van der Waals surface area (Å²) in [6.07, 6.45) is 3.93. The van der Waals surface area contributed by atoms with Gasteiger partial charge in [0, 0.05) is 44.5 Å². The zero-order valence-corrected chi connectivity index (χ0v) is 18.5. The van der Waals surface area contributed by atoms with Crippen molar-refractivity contribution >= 4 is 35.6 Å². The summed E-state index contributed by atoms with van der Waals surface area (Å²) in [6, 6.07) is 9.15. The molecule has 1 aliphatic heterocycles. The number of halogens is 1. The Kier molecular flexibility index (Phi) is 8.47. The summed E-state index contributed by atoms with van der Waals surface area (Å²) in [5, 5.41) is 3.20. The third-order valence-electron chi connectivity index (χ3n) is 5.33. The van der Waals surface area contributed by atoms with Gasteiger partial charge in [-0.3, -0.25) is 4.90 Å². The Labute approximate surface area is 175 Å². The summed E-state index contributed by atoms with van der Waals surface area (Å²) >= 11 is 0. The van der Waals surface area contributed by atoms with Gasteiger partial charge in [-0.2, -0.15) is 0 Å². The van der Waals surface area contributed by atoms with E-state index in [0.29, 0.717) is 18.5 Å². The van der Waals surface area contributed by atoms with Crippen LogP contribution in [-0.4, -0.2) is 49.6 Å². The number of guanidine groups is 1. The summed E-state index contributed by atoms with van der Waals surface area (Å²) in [4.78, 5) is 9.56. The second kappa shape index (κ2) is 10.3. The fourth-order valence-corrected chi connectivity index (χ4v) is 3.24. The number of nitrogens with zero attached hydrogens (tertiary/aromatic N) is 3. The highest BCUT2D eigenvalue weighted by Gasteiger charge is 2.26. The molecule has 1 heterocycles. The fourth-order valence-electron chi connectivity index (χ4n) is 3.24. The maximum absolute atomic E-state index is 5.92. The lowest BCUT2D eigenvalue weighted by Gasteiger charge is -2.36. The first-order valence-corrected chi connectivity index (χ1v) is 9.76. The molecule has 1 aromatic carbocycles. The average molecular weight is 471 g/mol. The van der Waals surface area contributed by atoms with Crippen LogP contribution in [0.2, 0.25) is 0 Å². The van der Waals surface area contributed by atoms with Crippen LogP contribution in [0.3, 0.4) is 0 Å². The number of hydrogen-bond acceptors (Lipinski definition) is 3. The monoisotopic (exact) mass is 471 g/mol. The van der Waals surface area contributed by atoms with E-state index in [9.17, 15) is 0 Å². The van der Waals surface area contributed by atoms with Gasteiger partial charge in [0.15, 0.2) is 5.96 Å². The molecule has 0 aromatic heterocycles. The normalized spacial score (nSPS) is 19.8. The van der Waals surface area contributed by atoms with E-state index in [1.807, 2.05) is 0 Å². The SMILES string of the molecule is CCC(C)NC(N)=NCc1ccc(N2CCN(CC3CC3)CC2)cc1.I. The molecule has 3 N–H and O–H groups in total. The Hall–Kier alpha value is -1.02. The fraction of sp³-hybridized carbons (Fsp3) is 0.650. The van der Waals surface area contributed by atoms with Crippen molar-refractivity contribution in [3.8, 4) is 0 Å². The summed E-state index contributed by atoms with van der Waals surface area (Å²) < 4.78 is 0. The number of piperazine rings is 1. The lowest BCUT2D eigenvalue weighted by atomic mass is 10.1. The van der Waals surface area contributed by atoms with Gasteiger partial charge in [0.2, 0.25) is 0 Å². The molecule has 2 aliphatic rings. The first-order chi connectivity index (χ1) is 12.1. The third-order valence-corrected chi connectivity index (χ3v) is 5.33. The highest BCUT2D eigenvalue weighted by molar-refractivity contribution is 14.0. The van der Waals surface area contributed by atoms with E-state index in [1.54, 1.807) is 0 Å². The van der Waals surface area contributed by atoms with Gasteiger partial charge in [-0.05, 0) is 49.8 Å². The molecule has 0 bridgehead atoms. The minimum absolute atomic E-state index is 0. The molecule has 1 atom stereocenters. The van der Waals surface area contributed by atoms with Crippen LogP contribution < -0.4 is 16.0 Å². The van der Waals surface area contributed by atoms with Crippen molar-refractivity contribution in [3.05, 3.63) is 29.8 Å². The van der Waals surface area contributed by atoms with E-state index >= 15 is 0 Å². The minimum Gasteiger partial charge on any atom is -0.370 e. The van der Waals surface area contributed by atoms with Crippen LogP contribution in [0.15, 0.2) is 29.3 Å². The molecule has 2 fully saturated rings. The number of nitrogens with one attached hydrogen (secondary N) is 1. The van der Waals surface area contributed by atoms with E-state index in [4.69, 9.17) is 5.73 Å². The summed E-state index contributed by atoms with van der Waals surface area (Å²) in [5.74, 6) is 1.53. The van der Waals surface area contributed by atoms with Crippen LogP contribution in [0.5, 0.6) is 0 Å². The number of anilines is 1. The summed E-state index contributed by atoms with van der Waals surface area (Å²) in [5.41, 5.74) is 8.45. The van der Waals surface area contributed by atoms with Gasteiger partial charge >= 0.3 is 0 Å². The van der Waals surface area contributed by atoms with Crippen molar-refractivity contribution in [3.63, 3.8) is 0 Å². The van der Waals surface area contributed by atoms with E-state index in [0.717, 1.165) is 25.4 Å². The van der Waals surface area contributed by atoms with Crippen molar-refractivity contribution in [2.45, 2.75) is 45.7 Å². The van der Waals surface area contributed by atoms with Gasteiger partial charge in [-0.1, -0.05) is 19.1 Å². The quantitative estimate of drug-likeness (QED) is 0.365. The van der Waals surface area contributed by atoms with Crippen molar-refractivity contribution < 1.29 is 0 Å². The Morgan fingerprint density at radius 1 is 1.19 bits per heavy atom. The number of rotatable bonds is 7. The average Bonchev–Trinajstić information content (AvgIpc) is 3.45. The molecule has 1 saturated heterocycles. The largest absolute Gasteiger partial charge is 0.370 e. The van der Waals surface area contributed by atoms with Gasteiger partial charge < -0.3 is 16.0 Å². The van der Waals surface area contributed by atoms with Gasteiger partial charge in [0.25, 0.3) is 0 Å². The molecule has 6 heteroatoms. The zero-order valence-electron chi connectivity index (χ0n) is 16.2. The van der Waals surface area contributed by atoms with E-state index < -0.39 is 0 Å². The number of aliphatic imine (C=N–C) groups is 1. The second-order valence-electron chi connectivity index (χ2n) is 7.55. The molecule has 26 heavy (non-hydrogen) atoms. The molecule has 146 valence electrons. The molecular formula is C20H34IN5. The van der Waals surface area contributed by atoms with Gasteiger partial charge in [-0.15, -0.1) is 24.0 Å². The van der Waals surface area contributed by atoms with Crippen LogP contribution >= 0.6 is 24.0 Å². The Bertz CT molecular complexity index is 562. The van der Waals surface area contributed by atoms with Crippen molar-refractivity contribution in [1.82, 2.24) is 10.2 Å².